The van der Waals surface area contributed by atoms with Gasteiger partial charge in [-0.05, 0) is 68.5 Å². The van der Waals surface area contributed by atoms with Crippen LogP contribution in [0.1, 0.15) is 45.8 Å². The van der Waals surface area contributed by atoms with Gasteiger partial charge in [-0.15, -0.1) is 0 Å². The van der Waals surface area contributed by atoms with E-state index in [2.05, 4.69) is 4.72 Å². The molecule has 3 rings (SSSR count). The Morgan fingerprint density at radius 3 is 2.12 bits per heavy atom. The van der Waals surface area contributed by atoms with Gasteiger partial charge in [0.05, 0.1) is 17.5 Å². The molecule has 0 spiro atoms. The molecule has 1 heterocycles. The molecule has 0 aliphatic carbocycles. The van der Waals surface area contributed by atoms with Crippen molar-refractivity contribution < 1.29 is 13.2 Å². The fourth-order valence-electron chi connectivity index (χ4n) is 3.58. The summed E-state index contributed by atoms with van der Waals surface area (Å²) in [7, 11) is -3.63. The second kappa shape index (κ2) is 6.46. The minimum Gasteiger partial charge on any atom is -0.493 e. The monoisotopic (exact) mass is 359 g/mol. The Kier molecular flexibility index (Phi) is 4.64. The van der Waals surface area contributed by atoms with E-state index in [0.717, 1.165) is 39.1 Å². The lowest BCUT2D eigenvalue weighted by atomic mass is 9.95. The summed E-state index contributed by atoms with van der Waals surface area (Å²) in [6, 6.07) is 7.34. The zero-order chi connectivity index (χ0) is 18.4. The van der Waals surface area contributed by atoms with Crippen LogP contribution in [0.5, 0.6) is 5.75 Å². The molecule has 0 radical (unpaired) electrons. The minimum absolute atomic E-state index is 0.268. The second-order valence-electron chi connectivity index (χ2n) is 6.80. The van der Waals surface area contributed by atoms with Gasteiger partial charge < -0.3 is 4.74 Å². The highest BCUT2D eigenvalue weighted by Crippen LogP contribution is 2.35. The quantitative estimate of drug-likeness (QED) is 0.900. The van der Waals surface area contributed by atoms with Gasteiger partial charge in [-0.3, -0.25) is 0 Å². The maximum atomic E-state index is 13.2. The molecule has 0 saturated carbocycles. The Labute approximate surface area is 150 Å². The van der Waals surface area contributed by atoms with Crippen LogP contribution in [-0.4, -0.2) is 15.0 Å². The summed E-state index contributed by atoms with van der Waals surface area (Å²) in [5.74, 6) is 0.756. The average Bonchev–Trinajstić information content (AvgIpc) is 2.58. The van der Waals surface area contributed by atoms with Gasteiger partial charge in [0.15, 0.2) is 0 Å². The number of ether oxygens (including phenoxy) is 1. The largest absolute Gasteiger partial charge is 0.493 e. The highest BCUT2D eigenvalue weighted by molar-refractivity contribution is 7.89. The number of fused-ring (bicyclic) bond motifs is 1. The molecule has 25 heavy (non-hydrogen) atoms. The van der Waals surface area contributed by atoms with Crippen LogP contribution in [0, 0.1) is 34.6 Å². The van der Waals surface area contributed by atoms with Gasteiger partial charge in [-0.2, -0.15) is 0 Å². The molecule has 4 nitrogen and oxygen atoms in total. The molecule has 0 bridgehead atoms. The second-order valence-corrected chi connectivity index (χ2v) is 8.45. The molecule has 1 aliphatic heterocycles. The number of hydrogen-bond donors (Lipinski definition) is 1. The first-order chi connectivity index (χ1) is 11.7. The van der Waals surface area contributed by atoms with Gasteiger partial charge in [0, 0.05) is 12.0 Å². The maximum absolute atomic E-state index is 13.2. The molecule has 1 N–H and O–H groups in total. The molecule has 0 saturated heterocycles. The van der Waals surface area contributed by atoms with Crippen molar-refractivity contribution in [2.24, 2.45) is 0 Å². The molecule has 1 aliphatic rings. The van der Waals surface area contributed by atoms with E-state index in [1.165, 1.54) is 0 Å². The van der Waals surface area contributed by atoms with Crippen molar-refractivity contribution in [1.29, 1.82) is 0 Å². The van der Waals surface area contributed by atoms with Gasteiger partial charge in [-0.25, -0.2) is 13.1 Å². The first kappa shape index (κ1) is 18.0. The SMILES string of the molecule is Cc1c(C)c(C)c(S(=O)(=O)NC2CCOc3ccccc32)c(C)c1C. The van der Waals surface area contributed by atoms with Crippen LogP contribution in [-0.2, 0) is 10.0 Å². The normalized spacial score (nSPS) is 17.1. The van der Waals surface area contributed by atoms with Gasteiger partial charge >= 0.3 is 0 Å². The lowest BCUT2D eigenvalue weighted by Gasteiger charge is -2.27. The molecule has 5 heteroatoms. The highest BCUT2D eigenvalue weighted by atomic mass is 32.2. The molecule has 2 aromatic rings. The van der Waals surface area contributed by atoms with Crippen LogP contribution in [0.3, 0.4) is 0 Å². The number of rotatable bonds is 3. The van der Waals surface area contributed by atoms with Crippen molar-refractivity contribution in [2.45, 2.75) is 52.0 Å². The van der Waals surface area contributed by atoms with Crippen LogP contribution in [0.4, 0.5) is 0 Å². The molecule has 0 fully saturated rings. The van der Waals surface area contributed by atoms with Crippen LogP contribution in [0.25, 0.3) is 0 Å². The zero-order valence-electron chi connectivity index (χ0n) is 15.4. The van der Waals surface area contributed by atoms with Crippen molar-refractivity contribution in [1.82, 2.24) is 4.72 Å². The maximum Gasteiger partial charge on any atom is 0.241 e. The lowest BCUT2D eigenvalue weighted by molar-refractivity contribution is 0.263. The first-order valence-corrected chi connectivity index (χ1v) is 10.0. The Morgan fingerprint density at radius 2 is 1.48 bits per heavy atom. The molecule has 0 aromatic heterocycles. The van der Waals surface area contributed by atoms with Crippen LogP contribution >= 0.6 is 0 Å². The van der Waals surface area contributed by atoms with Crippen molar-refractivity contribution in [3.05, 3.63) is 57.6 Å². The molecule has 1 unspecified atom stereocenters. The number of nitrogens with one attached hydrogen (secondary N) is 1. The molecule has 2 aromatic carbocycles. The van der Waals surface area contributed by atoms with E-state index < -0.39 is 10.0 Å². The van der Waals surface area contributed by atoms with Crippen molar-refractivity contribution in [3.63, 3.8) is 0 Å². The summed E-state index contributed by atoms with van der Waals surface area (Å²) in [5.41, 5.74) is 5.78. The third-order valence-electron chi connectivity index (χ3n) is 5.46. The number of sulfonamides is 1. The van der Waals surface area contributed by atoms with E-state index >= 15 is 0 Å². The molecule has 0 amide bonds. The zero-order valence-corrected chi connectivity index (χ0v) is 16.3. The van der Waals surface area contributed by atoms with Gasteiger partial charge in [0.1, 0.15) is 5.75 Å². The van der Waals surface area contributed by atoms with E-state index in [1.54, 1.807) is 0 Å². The Morgan fingerprint density at radius 1 is 0.920 bits per heavy atom. The standard InChI is InChI=1S/C20H25NO3S/c1-12-13(2)15(4)20(16(5)14(12)3)25(22,23)21-18-10-11-24-19-9-7-6-8-17(18)19/h6-9,18,21H,10-11H2,1-5H3. The van der Waals surface area contributed by atoms with E-state index in [1.807, 2.05) is 58.9 Å². The number of benzene rings is 2. The highest BCUT2D eigenvalue weighted by Gasteiger charge is 2.29. The van der Waals surface area contributed by atoms with E-state index in [4.69, 9.17) is 4.74 Å². The smallest absolute Gasteiger partial charge is 0.241 e. The van der Waals surface area contributed by atoms with Gasteiger partial charge in [-0.1, -0.05) is 18.2 Å². The summed E-state index contributed by atoms with van der Waals surface area (Å²) in [6.45, 7) is 10.3. The van der Waals surface area contributed by atoms with Gasteiger partial charge in [0.2, 0.25) is 10.0 Å². The topological polar surface area (TPSA) is 55.4 Å². The van der Waals surface area contributed by atoms with Crippen molar-refractivity contribution >= 4 is 10.0 Å². The summed E-state index contributed by atoms with van der Waals surface area (Å²) in [4.78, 5) is 0.414. The van der Waals surface area contributed by atoms with Crippen molar-refractivity contribution in [2.75, 3.05) is 6.61 Å². The summed E-state index contributed by atoms with van der Waals surface area (Å²) in [5, 5.41) is 0. The fourth-order valence-corrected chi connectivity index (χ4v) is 5.43. The number of para-hydroxylation sites is 1. The third-order valence-corrected chi connectivity index (χ3v) is 7.20. The Balaban J connectivity index is 2.06. The van der Waals surface area contributed by atoms with Gasteiger partial charge in [0.25, 0.3) is 0 Å². The van der Waals surface area contributed by atoms with E-state index in [0.29, 0.717) is 17.9 Å². The summed E-state index contributed by atoms with van der Waals surface area (Å²) in [6.07, 6.45) is 0.623. The Bertz CT molecular complexity index is 903. The summed E-state index contributed by atoms with van der Waals surface area (Å²) < 4.78 is 35.0. The molecular formula is C20H25NO3S. The van der Waals surface area contributed by atoms with E-state index in [-0.39, 0.29) is 6.04 Å². The lowest BCUT2D eigenvalue weighted by Crippen LogP contribution is -2.33. The molecule has 1 atom stereocenters. The predicted molar refractivity (Wildman–Crippen MR) is 99.7 cm³/mol. The van der Waals surface area contributed by atoms with Crippen LogP contribution in [0.2, 0.25) is 0 Å². The molecule has 134 valence electrons. The third kappa shape index (κ3) is 3.07. The minimum atomic E-state index is -3.63. The Hall–Kier alpha value is -1.85. The predicted octanol–water partition coefficient (Wildman–Crippen LogP) is 4.03. The van der Waals surface area contributed by atoms with Crippen molar-refractivity contribution in [3.8, 4) is 5.75 Å². The number of hydrogen-bond acceptors (Lipinski definition) is 3. The molecular weight excluding hydrogens is 334 g/mol. The van der Waals surface area contributed by atoms with Crippen LogP contribution in [0.15, 0.2) is 29.2 Å². The van der Waals surface area contributed by atoms with Crippen LogP contribution < -0.4 is 9.46 Å². The summed E-state index contributed by atoms with van der Waals surface area (Å²) >= 11 is 0. The van der Waals surface area contributed by atoms with E-state index in [9.17, 15) is 8.42 Å². The fraction of sp³-hybridized carbons (Fsp3) is 0.400. The first-order valence-electron chi connectivity index (χ1n) is 8.55. The average molecular weight is 359 g/mol.